The fourth-order valence-corrected chi connectivity index (χ4v) is 2.54. The van der Waals surface area contributed by atoms with Crippen molar-refractivity contribution in [1.29, 1.82) is 0 Å². The van der Waals surface area contributed by atoms with Crippen LogP contribution in [0.3, 0.4) is 0 Å². The van der Waals surface area contributed by atoms with E-state index in [9.17, 15) is 0 Å². The number of ether oxygens (including phenoxy) is 2. The van der Waals surface area contributed by atoms with Crippen molar-refractivity contribution >= 4 is 16.6 Å². The maximum Gasteiger partial charge on any atom is 0.162 e. The highest BCUT2D eigenvalue weighted by molar-refractivity contribution is 5.81. The summed E-state index contributed by atoms with van der Waals surface area (Å²) >= 11 is 0. The number of nitrogens with zero attached hydrogens (tertiary/aromatic N) is 2. The van der Waals surface area contributed by atoms with E-state index in [-0.39, 0.29) is 0 Å². The van der Waals surface area contributed by atoms with Gasteiger partial charge in [0.05, 0.1) is 32.0 Å². The van der Waals surface area contributed by atoms with E-state index in [4.69, 9.17) is 9.47 Å². The lowest BCUT2D eigenvalue weighted by Gasteiger charge is -2.12. The Morgan fingerprint density at radius 1 is 0.957 bits per heavy atom. The summed E-state index contributed by atoms with van der Waals surface area (Å²) in [5, 5.41) is 4.44. The van der Waals surface area contributed by atoms with E-state index in [1.165, 1.54) is 0 Å². The third-order valence-electron chi connectivity index (χ3n) is 3.64. The summed E-state index contributed by atoms with van der Waals surface area (Å²) < 4.78 is 10.6. The second-order valence-electron chi connectivity index (χ2n) is 5.16. The van der Waals surface area contributed by atoms with Crippen molar-refractivity contribution in [2.45, 2.75) is 13.5 Å². The first-order valence-electron chi connectivity index (χ1n) is 7.39. The second-order valence-corrected chi connectivity index (χ2v) is 5.16. The van der Waals surface area contributed by atoms with Crippen LogP contribution in [-0.2, 0) is 6.54 Å². The summed E-state index contributed by atoms with van der Waals surface area (Å²) in [4.78, 5) is 9.03. The van der Waals surface area contributed by atoms with E-state index in [2.05, 4.69) is 15.3 Å². The van der Waals surface area contributed by atoms with Crippen LogP contribution in [0.25, 0.3) is 10.9 Å². The average molecular weight is 309 g/mol. The molecule has 0 amide bonds. The Hall–Kier alpha value is -2.82. The molecule has 0 radical (unpaired) electrons. The molecule has 1 aromatic heterocycles. The molecule has 0 spiro atoms. The zero-order valence-corrected chi connectivity index (χ0v) is 13.5. The van der Waals surface area contributed by atoms with Gasteiger partial charge in [-0.25, -0.2) is 9.97 Å². The van der Waals surface area contributed by atoms with Gasteiger partial charge in [-0.1, -0.05) is 18.2 Å². The van der Waals surface area contributed by atoms with E-state index in [0.29, 0.717) is 18.0 Å². The monoisotopic (exact) mass is 309 g/mol. The predicted molar refractivity (Wildman–Crippen MR) is 91.1 cm³/mol. The Morgan fingerprint density at radius 3 is 2.52 bits per heavy atom. The highest BCUT2D eigenvalue weighted by atomic mass is 16.5. The van der Waals surface area contributed by atoms with Crippen molar-refractivity contribution in [1.82, 2.24) is 9.97 Å². The summed E-state index contributed by atoms with van der Waals surface area (Å²) in [6.07, 6.45) is 0. The van der Waals surface area contributed by atoms with Crippen LogP contribution in [0.15, 0.2) is 42.5 Å². The molecule has 0 aliphatic carbocycles. The first-order valence-corrected chi connectivity index (χ1v) is 7.39. The number of hydrogen-bond acceptors (Lipinski definition) is 5. The average Bonchev–Trinajstić information content (AvgIpc) is 2.59. The first kappa shape index (κ1) is 15.1. The summed E-state index contributed by atoms with van der Waals surface area (Å²) in [6.45, 7) is 2.52. The topological polar surface area (TPSA) is 56.3 Å². The van der Waals surface area contributed by atoms with Crippen molar-refractivity contribution in [3.05, 3.63) is 54.0 Å². The van der Waals surface area contributed by atoms with Gasteiger partial charge in [0, 0.05) is 17.1 Å². The van der Waals surface area contributed by atoms with Gasteiger partial charge < -0.3 is 14.8 Å². The van der Waals surface area contributed by atoms with Crippen LogP contribution < -0.4 is 14.8 Å². The molecule has 0 aliphatic rings. The molecule has 1 heterocycles. The van der Waals surface area contributed by atoms with Crippen LogP contribution in [0, 0.1) is 6.92 Å². The SMILES string of the molecule is COc1ccc(NCc2nc(C)nc3ccccc23)cc1OC. The van der Waals surface area contributed by atoms with Crippen LogP contribution >= 0.6 is 0 Å². The number of aryl methyl sites for hydroxylation is 1. The number of anilines is 1. The van der Waals surface area contributed by atoms with Gasteiger partial charge in [0.2, 0.25) is 0 Å². The van der Waals surface area contributed by atoms with Gasteiger partial charge in [-0.2, -0.15) is 0 Å². The quantitative estimate of drug-likeness (QED) is 0.781. The van der Waals surface area contributed by atoms with Crippen LogP contribution in [0.4, 0.5) is 5.69 Å². The zero-order valence-electron chi connectivity index (χ0n) is 13.5. The molecule has 5 nitrogen and oxygen atoms in total. The Bertz CT molecular complexity index is 834. The fourth-order valence-electron chi connectivity index (χ4n) is 2.54. The van der Waals surface area contributed by atoms with Gasteiger partial charge in [0.25, 0.3) is 0 Å². The molecule has 1 N–H and O–H groups in total. The number of rotatable bonds is 5. The molecule has 0 atom stereocenters. The van der Waals surface area contributed by atoms with Gasteiger partial charge in [0.15, 0.2) is 11.5 Å². The van der Waals surface area contributed by atoms with Crippen molar-refractivity contribution in [2.24, 2.45) is 0 Å². The summed E-state index contributed by atoms with van der Waals surface area (Å²) in [5.74, 6) is 2.18. The number of nitrogens with one attached hydrogen (secondary N) is 1. The van der Waals surface area contributed by atoms with Crippen LogP contribution in [0.2, 0.25) is 0 Å². The Kier molecular flexibility index (Phi) is 4.28. The number of fused-ring (bicyclic) bond motifs is 1. The van der Waals surface area contributed by atoms with Crippen molar-refractivity contribution in [3.8, 4) is 11.5 Å². The standard InChI is InChI=1S/C18H19N3O2/c1-12-20-15-7-5-4-6-14(15)16(21-12)11-19-13-8-9-17(22-2)18(10-13)23-3/h4-10,19H,11H2,1-3H3. The summed E-state index contributed by atoms with van der Waals surface area (Å²) in [7, 11) is 3.25. The van der Waals surface area contributed by atoms with E-state index < -0.39 is 0 Å². The lowest BCUT2D eigenvalue weighted by molar-refractivity contribution is 0.355. The number of aromatic nitrogens is 2. The van der Waals surface area contributed by atoms with Crippen LogP contribution in [-0.4, -0.2) is 24.2 Å². The second kappa shape index (κ2) is 6.52. The molecule has 0 aliphatic heterocycles. The molecule has 0 fully saturated rings. The maximum atomic E-state index is 5.33. The van der Waals surface area contributed by atoms with Gasteiger partial charge in [-0.15, -0.1) is 0 Å². The molecule has 0 bridgehead atoms. The van der Waals surface area contributed by atoms with Crippen molar-refractivity contribution in [3.63, 3.8) is 0 Å². The van der Waals surface area contributed by atoms with Gasteiger partial charge in [0.1, 0.15) is 5.82 Å². The van der Waals surface area contributed by atoms with E-state index in [1.807, 2.05) is 49.4 Å². The first-order chi connectivity index (χ1) is 11.2. The molecular formula is C18H19N3O2. The number of hydrogen-bond donors (Lipinski definition) is 1. The number of methoxy groups -OCH3 is 2. The minimum absolute atomic E-state index is 0.610. The normalized spacial score (nSPS) is 10.6. The molecule has 2 aromatic carbocycles. The Labute approximate surface area is 135 Å². The molecule has 118 valence electrons. The van der Waals surface area contributed by atoms with Crippen LogP contribution in [0.1, 0.15) is 11.5 Å². The fraction of sp³-hybridized carbons (Fsp3) is 0.222. The van der Waals surface area contributed by atoms with E-state index in [1.54, 1.807) is 14.2 Å². The zero-order chi connectivity index (χ0) is 16.2. The Balaban J connectivity index is 1.86. The number of para-hydroxylation sites is 1. The maximum absolute atomic E-state index is 5.33. The van der Waals surface area contributed by atoms with E-state index in [0.717, 1.165) is 28.1 Å². The van der Waals surface area contributed by atoms with Crippen LogP contribution in [0.5, 0.6) is 11.5 Å². The summed E-state index contributed by atoms with van der Waals surface area (Å²) in [6, 6.07) is 13.8. The molecule has 3 rings (SSSR count). The predicted octanol–water partition coefficient (Wildman–Crippen LogP) is 3.57. The third kappa shape index (κ3) is 3.18. The minimum Gasteiger partial charge on any atom is -0.493 e. The van der Waals surface area contributed by atoms with Crippen molar-refractivity contribution < 1.29 is 9.47 Å². The lowest BCUT2D eigenvalue weighted by Crippen LogP contribution is -2.05. The molecule has 0 saturated carbocycles. The van der Waals surface area contributed by atoms with E-state index >= 15 is 0 Å². The molecule has 3 aromatic rings. The number of benzene rings is 2. The highest BCUT2D eigenvalue weighted by Crippen LogP contribution is 2.30. The smallest absolute Gasteiger partial charge is 0.162 e. The largest absolute Gasteiger partial charge is 0.493 e. The lowest BCUT2D eigenvalue weighted by atomic mass is 10.2. The van der Waals surface area contributed by atoms with Gasteiger partial charge in [-0.05, 0) is 25.1 Å². The molecule has 5 heteroatoms. The highest BCUT2D eigenvalue weighted by Gasteiger charge is 2.07. The Morgan fingerprint density at radius 2 is 1.74 bits per heavy atom. The van der Waals surface area contributed by atoms with Crippen molar-refractivity contribution in [2.75, 3.05) is 19.5 Å². The van der Waals surface area contributed by atoms with Gasteiger partial charge in [-0.3, -0.25) is 0 Å². The summed E-state index contributed by atoms with van der Waals surface area (Å²) in [5.41, 5.74) is 2.88. The molecule has 23 heavy (non-hydrogen) atoms. The third-order valence-corrected chi connectivity index (χ3v) is 3.64. The van der Waals surface area contributed by atoms with Gasteiger partial charge >= 0.3 is 0 Å². The molecular weight excluding hydrogens is 290 g/mol. The molecule has 0 saturated heterocycles. The molecule has 0 unspecified atom stereocenters. The minimum atomic E-state index is 0.610.